The molecule has 4 heteroatoms. The third kappa shape index (κ3) is 2.70. The van der Waals surface area contributed by atoms with Gasteiger partial charge in [-0.1, -0.05) is 35.5 Å². The molecule has 0 aromatic heterocycles. The van der Waals surface area contributed by atoms with Crippen LogP contribution in [0, 0.1) is 0 Å². The molecule has 1 aromatic rings. The second-order valence-electron chi connectivity index (χ2n) is 4.49. The Morgan fingerprint density at radius 1 is 1.38 bits per heavy atom. The summed E-state index contributed by atoms with van der Waals surface area (Å²) < 4.78 is 12.0. The molecule has 0 bridgehead atoms. The summed E-state index contributed by atoms with van der Waals surface area (Å²) in [6.45, 7) is 3.90. The van der Waals surface area contributed by atoms with E-state index in [4.69, 9.17) is 4.84 Å². The van der Waals surface area contributed by atoms with Crippen molar-refractivity contribution in [2.24, 2.45) is 5.16 Å². The van der Waals surface area contributed by atoms with Gasteiger partial charge in [0.25, 0.3) is 0 Å². The van der Waals surface area contributed by atoms with E-state index in [0.717, 1.165) is 5.56 Å². The van der Waals surface area contributed by atoms with Crippen molar-refractivity contribution < 1.29 is 9.05 Å². The number of hydrogen-bond donors (Lipinski definition) is 0. The van der Waals surface area contributed by atoms with Gasteiger partial charge >= 0.3 is 0 Å². The Hall–Kier alpha value is -1.16. The molecule has 0 N–H and O–H groups in total. The number of hydrogen-bond acceptors (Lipinski definition) is 3. The van der Waals surface area contributed by atoms with Crippen LogP contribution in [0.5, 0.6) is 0 Å². The van der Waals surface area contributed by atoms with E-state index in [1.54, 1.807) is 0 Å². The van der Waals surface area contributed by atoms with Crippen LogP contribution in [-0.4, -0.2) is 14.9 Å². The second kappa shape index (κ2) is 4.37. The average Bonchev–Trinajstić information content (AvgIpc) is 2.60. The average molecular weight is 237 g/mol. The van der Waals surface area contributed by atoms with Crippen LogP contribution in [0.1, 0.15) is 25.8 Å². The maximum absolute atomic E-state index is 12.0. The lowest BCUT2D eigenvalue weighted by Crippen LogP contribution is -2.20. The van der Waals surface area contributed by atoms with E-state index in [0.29, 0.717) is 17.2 Å². The van der Waals surface area contributed by atoms with Crippen LogP contribution in [0.25, 0.3) is 0 Å². The maximum Gasteiger partial charge on any atom is 0.148 e. The van der Waals surface area contributed by atoms with Gasteiger partial charge in [-0.3, -0.25) is 4.21 Å². The molecule has 1 unspecified atom stereocenters. The molecule has 0 spiro atoms. The Labute approximate surface area is 98.0 Å². The SMILES string of the molecule is CC1(C)CC(S(=O)Cc2ccccc2)=NO1. The summed E-state index contributed by atoms with van der Waals surface area (Å²) in [5.41, 5.74) is 0.759. The summed E-state index contributed by atoms with van der Waals surface area (Å²) >= 11 is 0. The minimum atomic E-state index is -1.07. The van der Waals surface area contributed by atoms with Gasteiger partial charge in [0.15, 0.2) is 0 Å². The molecule has 0 saturated heterocycles. The van der Waals surface area contributed by atoms with E-state index in [1.165, 1.54) is 0 Å². The molecule has 1 heterocycles. The van der Waals surface area contributed by atoms with Gasteiger partial charge < -0.3 is 4.84 Å². The number of rotatable bonds is 2. The van der Waals surface area contributed by atoms with Crippen molar-refractivity contribution in [2.45, 2.75) is 31.6 Å². The summed E-state index contributed by atoms with van der Waals surface area (Å²) in [5, 5.41) is 4.56. The molecule has 86 valence electrons. The van der Waals surface area contributed by atoms with E-state index >= 15 is 0 Å². The lowest BCUT2D eigenvalue weighted by atomic mass is 10.1. The zero-order valence-electron chi connectivity index (χ0n) is 9.47. The number of oxime groups is 1. The monoisotopic (exact) mass is 237 g/mol. The van der Waals surface area contributed by atoms with Gasteiger partial charge in [0.2, 0.25) is 0 Å². The first-order valence-corrected chi connectivity index (χ1v) is 6.56. The highest BCUT2D eigenvalue weighted by atomic mass is 32.2. The Balaban J connectivity index is 2.00. The molecule has 0 fully saturated rings. The fraction of sp³-hybridized carbons (Fsp3) is 0.417. The molecule has 3 nitrogen and oxygen atoms in total. The summed E-state index contributed by atoms with van der Waals surface area (Å²) in [6, 6.07) is 9.79. The predicted octanol–water partition coefficient (Wildman–Crippen LogP) is 2.45. The Morgan fingerprint density at radius 2 is 2.06 bits per heavy atom. The Morgan fingerprint density at radius 3 is 2.62 bits per heavy atom. The van der Waals surface area contributed by atoms with E-state index < -0.39 is 10.8 Å². The lowest BCUT2D eigenvalue weighted by Gasteiger charge is -2.12. The fourth-order valence-corrected chi connectivity index (χ4v) is 2.82. The molecule has 0 amide bonds. The first-order valence-electron chi connectivity index (χ1n) is 5.24. The number of benzene rings is 1. The quantitative estimate of drug-likeness (QED) is 0.792. The fourth-order valence-electron chi connectivity index (χ4n) is 1.53. The van der Waals surface area contributed by atoms with E-state index in [2.05, 4.69) is 5.16 Å². The van der Waals surface area contributed by atoms with Crippen LogP contribution >= 0.6 is 0 Å². The van der Waals surface area contributed by atoms with Gasteiger partial charge in [-0.05, 0) is 19.4 Å². The first-order chi connectivity index (χ1) is 7.57. The summed E-state index contributed by atoms with van der Waals surface area (Å²) in [4.78, 5) is 5.21. The van der Waals surface area contributed by atoms with Crippen molar-refractivity contribution in [1.82, 2.24) is 0 Å². The summed E-state index contributed by atoms with van der Waals surface area (Å²) in [6.07, 6.45) is 0.645. The van der Waals surface area contributed by atoms with Crippen molar-refractivity contribution in [3.05, 3.63) is 35.9 Å². The van der Waals surface area contributed by atoms with Crippen LogP contribution in [0.2, 0.25) is 0 Å². The van der Waals surface area contributed by atoms with Gasteiger partial charge in [0, 0.05) is 6.42 Å². The molecule has 1 atom stereocenters. The highest BCUT2D eigenvalue weighted by molar-refractivity contribution is 7.99. The maximum atomic E-state index is 12.0. The molecule has 1 aromatic carbocycles. The third-order valence-corrected chi connectivity index (χ3v) is 3.71. The van der Waals surface area contributed by atoms with Crippen molar-refractivity contribution in [3.63, 3.8) is 0 Å². The standard InChI is InChI=1S/C12H15NO2S/c1-12(2)8-11(13-15-12)16(14)9-10-6-4-3-5-7-10/h3-7H,8-9H2,1-2H3. The van der Waals surface area contributed by atoms with Crippen LogP contribution in [-0.2, 0) is 21.4 Å². The highest BCUT2D eigenvalue weighted by Gasteiger charge is 2.31. The molecule has 2 rings (SSSR count). The molecular weight excluding hydrogens is 222 g/mol. The first kappa shape index (κ1) is 11.3. The summed E-state index contributed by atoms with van der Waals surface area (Å²) in [7, 11) is -1.07. The summed E-state index contributed by atoms with van der Waals surface area (Å²) in [5.74, 6) is 0.513. The number of nitrogens with zero attached hydrogens (tertiary/aromatic N) is 1. The van der Waals surface area contributed by atoms with Gasteiger partial charge in [-0.15, -0.1) is 0 Å². The normalized spacial score (nSPS) is 20.0. The smallest absolute Gasteiger partial charge is 0.148 e. The molecule has 1 aliphatic heterocycles. The minimum absolute atomic E-state index is 0.304. The second-order valence-corrected chi connectivity index (χ2v) is 5.94. The third-order valence-electron chi connectivity index (χ3n) is 2.37. The minimum Gasteiger partial charge on any atom is -0.389 e. The van der Waals surface area contributed by atoms with Gasteiger partial charge in [-0.25, -0.2) is 0 Å². The van der Waals surface area contributed by atoms with Crippen LogP contribution < -0.4 is 0 Å². The zero-order valence-corrected chi connectivity index (χ0v) is 10.3. The largest absolute Gasteiger partial charge is 0.389 e. The topological polar surface area (TPSA) is 38.7 Å². The molecule has 0 saturated carbocycles. The van der Waals surface area contributed by atoms with Crippen molar-refractivity contribution in [2.75, 3.05) is 0 Å². The van der Waals surface area contributed by atoms with E-state index in [1.807, 2.05) is 44.2 Å². The molecule has 1 aliphatic rings. The van der Waals surface area contributed by atoms with Crippen molar-refractivity contribution >= 4 is 15.8 Å². The molecule has 16 heavy (non-hydrogen) atoms. The highest BCUT2D eigenvalue weighted by Crippen LogP contribution is 2.24. The van der Waals surface area contributed by atoms with E-state index in [9.17, 15) is 4.21 Å². The predicted molar refractivity (Wildman–Crippen MR) is 65.5 cm³/mol. The van der Waals surface area contributed by atoms with Crippen LogP contribution in [0.3, 0.4) is 0 Å². The van der Waals surface area contributed by atoms with Gasteiger partial charge in [0.1, 0.15) is 10.6 Å². The van der Waals surface area contributed by atoms with Crippen molar-refractivity contribution in [1.29, 1.82) is 0 Å². The van der Waals surface area contributed by atoms with Gasteiger partial charge in [-0.2, -0.15) is 0 Å². The lowest BCUT2D eigenvalue weighted by molar-refractivity contribution is 0.0123. The van der Waals surface area contributed by atoms with Crippen molar-refractivity contribution in [3.8, 4) is 0 Å². The van der Waals surface area contributed by atoms with E-state index in [-0.39, 0.29) is 5.60 Å². The zero-order chi connectivity index (χ0) is 11.6. The van der Waals surface area contributed by atoms with Crippen LogP contribution in [0.15, 0.2) is 35.5 Å². The van der Waals surface area contributed by atoms with Gasteiger partial charge in [0.05, 0.1) is 16.6 Å². The molecule has 0 radical (unpaired) electrons. The molecular formula is C12H15NO2S. The Kier molecular flexibility index (Phi) is 3.10. The van der Waals surface area contributed by atoms with Crippen LogP contribution in [0.4, 0.5) is 0 Å². The Bertz CT molecular complexity index is 426. The molecule has 0 aliphatic carbocycles.